The van der Waals surface area contributed by atoms with Crippen LogP contribution >= 0.6 is 0 Å². The number of amides is 2. The lowest BCUT2D eigenvalue weighted by Crippen LogP contribution is -2.58. The minimum atomic E-state index is -0.765. The Morgan fingerprint density at radius 2 is 2.14 bits per heavy atom. The second-order valence-electron chi connectivity index (χ2n) is 5.28. The molecule has 0 bridgehead atoms. The molecule has 1 heterocycles. The molecule has 1 aliphatic rings. The lowest BCUT2D eigenvalue weighted by atomic mass is 10.1. The van der Waals surface area contributed by atoms with Crippen LogP contribution in [0.5, 0.6) is 0 Å². The first-order valence-electron chi connectivity index (χ1n) is 7.31. The Hall–Kier alpha value is -1.69. The van der Waals surface area contributed by atoms with Crippen molar-refractivity contribution in [3.63, 3.8) is 0 Å². The van der Waals surface area contributed by atoms with E-state index in [0.29, 0.717) is 6.54 Å². The zero-order chi connectivity index (χ0) is 15.4. The van der Waals surface area contributed by atoms with Crippen LogP contribution in [0.25, 0.3) is 0 Å². The van der Waals surface area contributed by atoms with E-state index in [1.807, 2.05) is 6.92 Å². The third-order valence-corrected chi connectivity index (χ3v) is 3.90. The maximum atomic E-state index is 13.6. The van der Waals surface area contributed by atoms with E-state index in [2.05, 4.69) is 17.6 Å². The maximum Gasteiger partial charge on any atom is 0.322 e. The average Bonchev–Trinajstić information content (AvgIpc) is 2.49. The Balaban J connectivity index is 2.09. The summed E-state index contributed by atoms with van der Waals surface area (Å²) in [5.41, 5.74) is 0.00262. The molecule has 2 amide bonds. The third-order valence-electron chi connectivity index (χ3n) is 3.90. The molecule has 0 saturated carbocycles. The van der Waals surface area contributed by atoms with Gasteiger partial charge in [-0.25, -0.2) is 13.6 Å². The molecule has 1 aromatic carbocycles. The molecule has 1 fully saturated rings. The summed E-state index contributed by atoms with van der Waals surface area (Å²) in [5.74, 6) is -1.43. The van der Waals surface area contributed by atoms with Crippen molar-refractivity contribution in [2.45, 2.75) is 38.8 Å². The van der Waals surface area contributed by atoms with E-state index in [9.17, 15) is 13.6 Å². The highest BCUT2D eigenvalue weighted by molar-refractivity contribution is 5.89. The van der Waals surface area contributed by atoms with Crippen molar-refractivity contribution in [3.8, 4) is 0 Å². The highest BCUT2D eigenvalue weighted by Gasteiger charge is 2.29. The highest BCUT2D eigenvalue weighted by Crippen LogP contribution is 2.18. The number of urea groups is 1. The number of hydrogen-bond donors (Lipinski definition) is 2. The lowest BCUT2D eigenvalue weighted by molar-refractivity contribution is 0.147. The Labute approximate surface area is 123 Å². The second-order valence-corrected chi connectivity index (χ2v) is 5.28. The van der Waals surface area contributed by atoms with Crippen molar-refractivity contribution in [2.75, 3.05) is 18.4 Å². The van der Waals surface area contributed by atoms with E-state index < -0.39 is 11.6 Å². The van der Waals surface area contributed by atoms with Gasteiger partial charge in [-0.3, -0.25) is 0 Å². The van der Waals surface area contributed by atoms with Crippen molar-refractivity contribution >= 4 is 11.7 Å². The minimum Gasteiger partial charge on any atom is -0.319 e. The molecule has 2 rings (SSSR count). The largest absolute Gasteiger partial charge is 0.322 e. The fourth-order valence-corrected chi connectivity index (χ4v) is 2.53. The Morgan fingerprint density at radius 3 is 2.76 bits per heavy atom. The Morgan fingerprint density at radius 1 is 1.38 bits per heavy atom. The molecule has 0 aliphatic carbocycles. The van der Waals surface area contributed by atoms with Gasteiger partial charge in [0.25, 0.3) is 0 Å². The van der Waals surface area contributed by atoms with Crippen LogP contribution in [-0.2, 0) is 0 Å². The predicted octanol–water partition coefficient (Wildman–Crippen LogP) is 2.96. The van der Waals surface area contributed by atoms with E-state index in [1.165, 1.54) is 6.07 Å². The average molecular weight is 297 g/mol. The predicted molar refractivity (Wildman–Crippen MR) is 78.2 cm³/mol. The monoisotopic (exact) mass is 297 g/mol. The number of rotatable bonds is 3. The number of hydrogen-bond acceptors (Lipinski definition) is 2. The van der Waals surface area contributed by atoms with Gasteiger partial charge in [0.15, 0.2) is 0 Å². The van der Waals surface area contributed by atoms with Crippen LogP contribution in [-0.4, -0.2) is 36.1 Å². The van der Waals surface area contributed by atoms with Gasteiger partial charge in [0.05, 0.1) is 5.69 Å². The van der Waals surface area contributed by atoms with E-state index >= 15 is 0 Å². The first-order valence-corrected chi connectivity index (χ1v) is 7.31. The van der Waals surface area contributed by atoms with Crippen molar-refractivity contribution in [1.82, 2.24) is 10.2 Å². The quantitative estimate of drug-likeness (QED) is 0.901. The molecule has 6 heteroatoms. The molecule has 21 heavy (non-hydrogen) atoms. The molecule has 0 aromatic heterocycles. The standard InChI is InChI=1S/C15H21F2N3O/c1-3-11-9-20(12(4-2)8-18-11)15(21)19-14-6-5-10(16)7-13(14)17/h5-7,11-12,18H,3-4,8-9H2,1-2H3,(H,19,21). The Bertz CT molecular complexity index is 510. The van der Waals surface area contributed by atoms with Gasteiger partial charge in [-0.2, -0.15) is 0 Å². The highest BCUT2D eigenvalue weighted by atomic mass is 19.1. The first kappa shape index (κ1) is 15.7. The number of nitrogens with one attached hydrogen (secondary N) is 2. The van der Waals surface area contributed by atoms with Crippen LogP contribution in [0.1, 0.15) is 26.7 Å². The van der Waals surface area contributed by atoms with Crippen molar-refractivity contribution < 1.29 is 13.6 Å². The molecule has 0 spiro atoms. The van der Waals surface area contributed by atoms with Crippen LogP contribution in [0.2, 0.25) is 0 Å². The van der Waals surface area contributed by atoms with Crippen LogP contribution in [0.15, 0.2) is 18.2 Å². The summed E-state index contributed by atoms with van der Waals surface area (Å²) in [6, 6.07) is 3.12. The topological polar surface area (TPSA) is 44.4 Å². The van der Waals surface area contributed by atoms with Gasteiger partial charge in [0.2, 0.25) is 0 Å². The molecule has 1 saturated heterocycles. The fourth-order valence-electron chi connectivity index (χ4n) is 2.53. The van der Waals surface area contributed by atoms with E-state index in [0.717, 1.165) is 31.5 Å². The fraction of sp³-hybridized carbons (Fsp3) is 0.533. The summed E-state index contributed by atoms with van der Waals surface area (Å²) < 4.78 is 26.5. The lowest BCUT2D eigenvalue weighted by Gasteiger charge is -2.39. The molecular formula is C15H21F2N3O. The summed E-state index contributed by atoms with van der Waals surface area (Å²) in [6.45, 7) is 5.38. The SMILES string of the molecule is CCC1CN(C(=O)Nc2ccc(F)cc2F)C(CC)CN1. The number of carbonyl (C=O) groups excluding carboxylic acids is 1. The molecule has 2 N–H and O–H groups in total. The Kier molecular flexibility index (Phi) is 5.12. The second kappa shape index (κ2) is 6.85. The van der Waals surface area contributed by atoms with Gasteiger partial charge in [0, 0.05) is 31.2 Å². The van der Waals surface area contributed by atoms with E-state index in [4.69, 9.17) is 0 Å². The minimum absolute atomic E-state index is 0.00262. The van der Waals surface area contributed by atoms with Crippen LogP contribution in [0.3, 0.4) is 0 Å². The van der Waals surface area contributed by atoms with Gasteiger partial charge in [-0.1, -0.05) is 13.8 Å². The van der Waals surface area contributed by atoms with E-state index in [1.54, 1.807) is 4.90 Å². The molecule has 0 radical (unpaired) electrons. The summed E-state index contributed by atoms with van der Waals surface area (Å²) in [4.78, 5) is 14.1. The molecule has 116 valence electrons. The van der Waals surface area contributed by atoms with Gasteiger partial charge in [-0.05, 0) is 25.0 Å². The first-order chi connectivity index (χ1) is 10.0. The summed E-state index contributed by atoms with van der Waals surface area (Å²) >= 11 is 0. The smallest absolute Gasteiger partial charge is 0.319 e. The van der Waals surface area contributed by atoms with Crippen molar-refractivity contribution in [1.29, 1.82) is 0 Å². The molecule has 2 atom stereocenters. The number of benzene rings is 1. The summed E-state index contributed by atoms with van der Waals surface area (Å²) in [7, 11) is 0. The van der Waals surface area contributed by atoms with Crippen molar-refractivity contribution in [2.24, 2.45) is 0 Å². The summed E-state index contributed by atoms with van der Waals surface area (Å²) in [6.07, 6.45) is 1.74. The maximum absolute atomic E-state index is 13.6. The van der Waals surface area contributed by atoms with Gasteiger partial charge in [-0.15, -0.1) is 0 Å². The van der Waals surface area contributed by atoms with Gasteiger partial charge >= 0.3 is 6.03 Å². The zero-order valence-corrected chi connectivity index (χ0v) is 12.3. The molecule has 1 aromatic rings. The number of halogens is 2. The van der Waals surface area contributed by atoms with Gasteiger partial charge < -0.3 is 15.5 Å². The molecule has 1 aliphatic heterocycles. The number of nitrogens with zero attached hydrogens (tertiary/aromatic N) is 1. The van der Waals surface area contributed by atoms with Crippen molar-refractivity contribution in [3.05, 3.63) is 29.8 Å². The number of piperazine rings is 1. The van der Waals surface area contributed by atoms with Gasteiger partial charge in [0.1, 0.15) is 11.6 Å². The van der Waals surface area contributed by atoms with Crippen LogP contribution in [0, 0.1) is 11.6 Å². The summed E-state index contributed by atoms with van der Waals surface area (Å²) in [5, 5.41) is 5.93. The number of anilines is 1. The normalized spacial score (nSPS) is 22.2. The van der Waals surface area contributed by atoms with E-state index in [-0.39, 0.29) is 23.8 Å². The third kappa shape index (κ3) is 3.69. The molecule has 4 nitrogen and oxygen atoms in total. The zero-order valence-electron chi connectivity index (χ0n) is 12.3. The van der Waals surface area contributed by atoms with Crippen LogP contribution < -0.4 is 10.6 Å². The molecular weight excluding hydrogens is 276 g/mol. The van der Waals surface area contributed by atoms with Crippen LogP contribution in [0.4, 0.5) is 19.3 Å². The number of carbonyl (C=O) groups is 1. The molecule has 2 unspecified atom stereocenters.